The Morgan fingerprint density at radius 1 is 1.40 bits per heavy atom. The normalized spacial score (nSPS) is 26.7. The molecule has 0 saturated carbocycles. The van der Waals surface area contributed by atoms with Gasteiger partial charge < -0.3 is 4.48 Å². The van der Waals surface area contributed by atoms with E-state index in [0.717, 1.165) is 0 Å². The summed E-state index contributed by atoms with van der Waals surface area (Å²) in [5.74, 6) is 0. The van der Waals surface area contributed by atoms with Gasteiger partial charge in [-0.15, -0.1) is 0 Å². The topological polar surface area (TPSA) is 3.24 Å². The molecule has 0 aromatic rings. The fourth-order valence-corrected chi connectivity index (χ4v) is 1.66. The highest BCUT2D eigenvalue weighted by Crippen LogP contribution is 2.09. The van der Waals surface area contributed by atoms with Gasteiger partial charge in [0.05, 0.1) is 20.6 Å². The molecule has 10 heavy (non-hydrogen) atoms. The highest BCUT2D eigenvalue weighted by atomic mass is 15.4. The van der Waals surface area contributed by atoms with Gasteiger partial charge in [-0.25, -0.2) is 0 Å². The Kier molecular flexibility index (Phi) is 2.32. The zero-order valence-corrected chi connectivity index (χ0v) is 7.43. The Labute approximate surface area is 64.0 Å². The van der Waals surface area contributed by atoms with Crippen LogP contribution < -0.4 is 0 Å². The van der Waals surface area contributed by atoms with Gasteiger partial charge in [0.15, 0.2) is 0 Å². The van der Waals surface area contributed by atoms with Crippen LogP contribution in [0.2, 0.25) is 0 Å². The molecule has 0 spiro atoms. The van der Waals surface area contributed by atoms with E-state index in [-0.39, 0.29) is 0 Å². The van der Waals surface area contributed by atoms with Crippen LogP contribution in [0.3, 0.4) is 0 Å². The standard InChI is InChI=1S/C8H19N2/c1-4-9-6-5-7-10(2,3)8-9/h4-8H2,1-3H3/q+1. The Bertz CT molecular complexity index is 110. The molecular formula is C8H19N2+. The largest absolute Gasteiger partial charge is 0.316 e. The molecule has 0 N–H and O–H groups in total. The first-order valence-electron chi connectivity index (χ1n) is 4.18. The van der Waals surface area contributed by atoms with E-state index in [2.05, 4.69) is 25.9 Å². The van der Waals surface area contributed by atoms with E-state index in [0.29, 0.717) is 0 Å². The highest BCUT2D eigenvalue weighted by Gasteiger charge is 2.23. The van der Waals surface area contributed by atoms with Crippen LogP contribution in [0.5, 0.6) is 0 Å². The molecule has 0 atom stereocenters. The van der Waals surface area contributed by atoms with Gasteiger partial charge in [0.2, 0.25) is 0 Å². The smallest absolute Gasteiger partial charge is 0.134 e. The van der Waals surface area contributed by atoms with E-state index in [9.17, 15) is 0 Å². The summed E-state index contributed by atoms with van der Waals surface area (Å²) in [6, 6.07) is 0. The van der Waals surface area contributed by atoms with Crippen LogP contribution >= 0.6 is 0 Å². The number of nitrogens with zero attached hydrogens (tertiary/aromatic N) is 2. The highest BCUT2D eigenvalue weighted by molar-refractivity contribution is 4.55. The van der Waals surface area contributed by atoms with Crippen LogP contribution in [-0.4, -0.2) is 49.8 Å². The van der Waals surface area contributed by atoms with E-state index in [1.807, 2.05) is 0 Å². The average molecular weight is 143 g/mol. The third kappa shape index (κ3) is 1.96. The molecule has 1 aliphatic heterocycles. The van der Waals surface area contributed by atoms with Gasteiger partial charge in [0.1, 0.15) is 6.67 Å². The van der Waals surface area contributed by atoms with Gasteiger partial charge in [-0.2, -0.15) is 0 Å². The van der Waals surface area contributed by atoms with Crippen LogP contribution in [-0.2, 0) is 0 Å². The Hall–Kier alpha value is -0.0800. The van der Waals surface area contributed by atoms with Gasteiger partial charge >= 0.3 is 0 Å². The molecule has 2 heteroatoms. The minimum atomic E-state index is 1.17. The fraction of sp³-hybridized carbons (Fsp3) is 1.00. The lowest BCUT2D eigenvalue weighted by molar-refractivity contribution is -0.906. The lowest BCUT2D eigenvalue weighted by Crippen LogP contribution is -2.53. The van der Waals surface area contributed by atoms with Crippen molar-refractivity contribution in [1.29, 1.82) is 0 Å². The van der Waals surface area contributed by atoms with Gasteiger partial charge in [0, 0.05) is 19.5 Å². The first-order valence-corrected chi connectivity index (χ1v) is 4.18. The van der Waals surface area contributed by atoms with Crippen molar-refractivity contribution < 1.29 is 4.48 Å². The summed E-state index contributed by atoms with van der Waals surface area (Å²) in [4.78, 5) is 2.52. The third-order valence-corrected chi connectivity index (χ3v) is 2.27. The molecule has 60 valence electrons. The first-order chi connectivity index (χ1) is 4.64. The summed E-state index contributed by atoms with van der Waals surface area (Å²) < 4.78 is 1.17. The predicted molar refractivity (Wildman–Crippen MR) is 43.7 cm³/mol. The van der Waals surface area contributed by atoms with Crippen molar-refractivity contribution in [3.8, 4) is 0 Å². The quantitative estimate of drug-likeness (QED) is 0.489. The van der Waals surface area contributed by atoms with E-state index < -0.39 is 0 Å². The molecule has 0 unspecified atom stereocenters. The minimum Gasteiger partial charge on any atom is -0.316 e. The van der Waals surface area contributed by atoms with Crippen molar-refractivity contribution >= 4 is 0 Å². The molecule has 0 aliphatic carbocycles. The van der Waals surface area contributed by atoms with Crippen molar-refractivity contribution in [2.45, 2.75) is 13.3 Å². The van der Waals surface area contributed by atoms with Crippen molar-refractivity contribution in [3.05, 3.63) is 0 Å². The van der Waals surface area contributed by atoms with Crippen LogP contribution in [0.1, 0.15) is 13.3 Å². The summed E-state index contributed by atoms with van der Waals surface area (Å²) in [5.41, 5.74) is 0. The van der Waals surface area contributed by atoms with Crippen LogP contribution in [0.4, 0.5) is 0 Å². The average Bonchev–Trinajstić information content (AvgIpc) is 1.86. The molecule has 0 aromatic heterocycles. The predicted octanol–water partition coefficient (Wildman–Crippen LogP) is 0.746. The first kappa shape index (κ1) is 8.02. The van der Waals surface area contributed by atoms with E-state index in [1.54, 1.807) is 0 Å². The second kappa shape index (κ2) is 2.89. The zero-order chi connectivity index (χ0) is 7.61. The van der Waals surface area contributed by atoms with E-state index in [1.165, 1.54) is 37.2 Å². The molecule has 1 aliphatic rings. The molecule has 1 rings (SSSR count). The summed E-state index contributed by atoms with van der Waals surface area (Å²) in [5, 5.41) is 0. The van der Waals surface area contributed by atoms with Crippen molar-refractivity contribution in [2.24, 2.45) is 0 Å². The van der Waals surface area contributed by atoms with Gasteiger partial charge in [0.25, 0.3) is 0 Å². The SMILES string of the molecule is CCN1CCC[N+](C)(C)C1. The third-order valence-electron chi connectivity index (χ3n) is 2.27. The maximum atomic E-state index is 2.52. The lowest BCUT2D eigenvalue weighted by Gasteiger charge is -2.39. The second-order valence-corrected chi connectivity index (χ2v) is 3.86. The number of rotatable bonds is 1. The molecule has 1 fully saturated rings. The zero-order valence-electron chi connectivity index (χ0n) is 7.43. The fourth-order valence-electron chi connectivity index (χ4n) is 1.66. The van der Waals surface area contributed by atoms with Crippen LogP contribution in [0.25, 0.3) is 0 Å². The summed E-state index contributed by atoms with van der Waals surface area (Å²) >= 11 is 0. The lowest BCUT2D eigenvalue weighted by atomic mass is 10.3. The maximum absolute atomic E-state index is 2.52. The molecule has 0 radical (unpaired) electrons. The Balaban J connectivity index is 2.40. The number of hydrogen-bond donors (Lipinski definition) is 0. The minimum absolute atomic E-state index is 1.17. The van der Waals surface area contributed by atoms with Gasteiger partial charge in [-0.3, -0.25) is 4.90 Å². The Morgan fingerprint density at radius 3 is 2.50 bits per heavy atom. The summed E-state index contributed by atoms with van der Waals surface area (Å²) in [7, 11) is 4.61. The van der Waals surface area contributed by atoms with Crippen molar-refractivity contribution in [2.75, 3.05) is 40.4 Å². The van der Waals surface area contributed by atoms with E-state index >= 15 is 0 Å². The van der Waals surface area contributed by atoms with Gasteiger partial charge in [-0.1, -0.05) is 6.92 Å². The number of hydrogen-bond acceptors (Lipinski definition) is 1. The van der Waals surface area contributed by atoms with Gasteiger partial charge in [-0.05, 0) is 0 Å². The number of quaternary nitrogens is 1. The Morgan fingerprint density at radius 2 is 2.10 bits per heavy atom. The second-order valence-electron chi connectivity index (χ2n) is 3.86. The molecule has 1 heterocycles. The summed E-state index contributed by atoms with van der Waals surface area (Å²) in [6.45, 7) is 7.33. The molecule has 0 bridgehead atoms. The molecule has 1 saturated heterocycles. The molecule has 0 aromatic carbocycles. The molecule has 0 amide bonds. The molecule has 2 nitrogen and oxygen atoms in total. The van der Waals surface area contributed by atoms with Crippen molar-refractivity contribution in [1.82, 2.24) is 4.90 Å². The monoisotopic (exact) mass is 143 g/mol. The summed E-state index contributed by atoms with van der Waals surface area (Å²) in [6.07, 6.45) is 1.36. The van der Waals surface area contributed by atoms with Crippen LogP contribution in [0, 0.1) is 0 Å². The van der Waals surface area contributed by atoms with E-state index in [4.69, 9.17) is 0 Å². The maximum Gasteiger partial charge on any atom is 0.134 e. The molecular weight excluding hydrogens is 124 g/mol. The van der Waals surface area contributed by atoms with Crippen LogP contribution in [0.15, 0.2) is 0 Å². The van der Waals surface area contributed by atoms with Crippen molar-refractivity contribution in [3.63, 3.8) is 0 Å².